The van der Waals surface area contributed by atoms with E-state index in [1.54, 1.807) is 11.8 Å². The van der Waals surface area contributed by atoms with E-state index < -0.39 is 0 Å². The zero-order valence-corrected chi connectivity index (χ0v) is 16.0. The lowest BCUT2D eigenvalue weighted by molar-refractivity contribution is 0.813. The number of aromatic nitrogens is 4. The fourth-order valence-electron chi connectivity index (χ4n) is 2.47. The first-order chi connectivity index (χ1) is 12.2. The zero-order chi connectivity index (χ0) is 17.2. The van der Waals surface area contributed by atoms with Crippen LogP contribution in [0, 0.1) is 6.92 Å². The second-order valence-corrected chi connectivity index (χ2v) is 7.61. The first-order valence-corrected chi connectivity index (χ1v) is 9.64. The van der Waals surface area contributed by atoms with Crippen molar-refractivity contribution < 1.29 is 0 Å². The van der Waals surface area contributed by atoms with E-state index in [9.17, 15) is 0 Å². The molecule has 0 spiro atoms. The molecule has 0 aliphatic carbocycles. The molecular weight excluding hydrogens is 396 g/mol. The van der Waals surface area contributed by atoms with Crippen LogP contribution in [0.4, 0.5) is 0 Å². The van der Waals surface area contributed by atoms with Crippen molar-refractivity contribution in [3.63, 3.8) is 0 Å². The minimum atomic E-state index is 0.757. The minimum absolute atomic E-state index is 0.757. The standard InChI is InChI=1S/C19H15BrN4S/c1-13-2-4-14(5-3-13)12-25-19-22-21-18-11-10-17(23-24(18)19)15-6-8-16(20)9-7-15/h2-11H,12H2,1H3. The van der Waals surface area contributed by atoms with Crippen LogP contribution in [0.15, 0.2) is 70.3 Å². The Kier molecular flexibility index (Phi) is 4.55. The predicted octanol–water partition coefficient (Wildman–Crippen LogP) is 5.15. The minimum Gasteiger partial charge on any atom is -0.187 e. The van der Waals surface area contributed by atoms with Gasteiger partial charge in [0.25, 0.3) is 0 Å². The normalized spacial score (nSPS) is 11.1. The topological polar surface area (TPSA) is 43.1 Å². The summed E-state index contributed by atoms with van der Waals surface area (Å²) in [6.07, 6.45) is 0. The molecule has 0 saturated heterocycles. The average Bonchev–Trinajstić information content (AvgIpc) is 3.04. The van der Waals surface area contributed by atoms with Gasteiger partial charge in [0.1, 0.15) is 0 Å². The molecule has 0 aliphatic rings. The molecule has 2 aromatic carbocycles. The molecule has 0 fully saturated rings. The molecule has 4 nitrogen and oxygen atoms in total. The molecule has 6 heteroatoms. The maximum absolute atomic E-state index is 4.72. The summed E-state index contributed by atoms with van der Waals surface area (Å²) in [5.41, 5.74) is 5.25. The van der Waals surface area contributed by atoms with E-state index >= 15 is 0 Å². The van der Waals surface area contributed by atoms with Crippen molar-refractivity contribution >= 4 is 33.3 Å². The zero-order valence-electron chi connectivity index (χ0n) is 13.6. The average molecular weight is 411 g/mol. The van der Waals surface area contributed by atoms with Gasteiger partial charge >= 0.3 is 0 Å². The van der Waals surface area contributed by atoms with E-state index in [-0.39, 0.29) is 0 Å². The number of benzene rings is 2. The maximum atomic E-state index is 4.72. The van der Waals surface area contributed by atoms with Gasteiger partial charge in [-0.25, -0.2) is 0 Å². The summed E-state index contributed by atoms with van der Waals surface area (Å²) in [6, 6.07) is 20.6. The molecule has 4 rings (SSSR count). The van der Waals surface area contributed by atoms with Crippen LogP contribution in [0.25, 0.3) is 16.9 Å². The van der Waals surface area contributed by atoms with Gasteiger partial charge in [0.05, 0.1) is 5.69 Å². The van der Waals surface area contributed by atoms with Gasteiger partial charge in [0.15, 0.2) is 5.65 Å². The number of hydrogen-bond acceptors (Lipinski definition) is 4. The summed E-state index contributed by atoms with van der Waals surface area (Å²) in [4.78, 5) is 0. The molecule has 0 radical (unpaired) electrons. The van der Waals surface area contributed by atoms with Gasteiger partial charge in [0, 0.05) is 15.8 Å². The van der Waals surface area contributed by atoms with Crippen LogP contribution in [-0.2, 0) is 5.75 Å². The van der Waals surface area contributed by atoms with Crippen LogP contribution in [0.2, 0.25) is 0 Å². The van der Waals surface area contributed by atoms with E-state index in [4.69, 9.17) is 5.10 Å². The van der Waals surface area contributed by atoms with Crippen molar-refractivity contribution in [2.45, 2.75) is 17.8 Å². The van der Waals surface area contributed by atoms with Crippen molar-refractivity contribution in [1.82, 2.24) is 19.8 Å². The highest BCUT2D eigenvalue weighted by Crippen LogP contribution is 2.24. The van der Waals surface area contributed by atoms with Crippen molar-refractivity contribution in [3.05, 3.63) is 76.3 Å². The first-order valence-electron chi connectivity index (χ1n) is 7.86. The Balaban J connectivity index is 1.62. The number of thioether (sulfide) groups is 1. The highest BCUT2D eigenvalue weighted by Gasteiger charge is 2.09. The van der Waals surface area contributed by atoms with Crippen LogP contribution in [0.5, 0.6) is 0 Å². The smallest absolute Gasteiger partial charge is 0.187 e. The lowest BCUT2D eigenvalue weighted by Gasteiger charge is -2.04. The van der Waals surface area contributed by atoms with Crippen LogP contribution < -0.4 is 0 Å². The number of nitrogens with zero attached hydrogens (tertiary/aromatic N) is 4. The Bertz CT molecular complexity index is 1010. The molecular formula is C19H15BrN4S. The molecule has 2 heterocycles. The lowest BCUT2D eigenvalue weighted by Crippen LogP contribution is -1.96. The second-order valence-electron chi connectivity index (χ2n) is 5.75. The van der Waals surface area contributed by atoms with Crippen molar-refractivity contribution in [1.29, 1.82) is 0 Å². The van der Waals surface area contributed by atoms with Gasteiger partial charge in [-0.2, -0.15) is 9.61 Å². The highest BCUT2D eigenvalue weighted by atomic mass is 79.9. The van der Waals surface area contributed by atoms with Gasteiger partial charge in [-0.3, -0.25) is 0 Å². The summed E-state index contributed by atoms with van der Waals surface area (Å²) < 4.78 is 2.87. The molecule has 2 aromatic heterocycles. The van der Waals surface area contributed by atoms with E-state index in [2.05, 4.69) is 57.3 Å². The van der Waals surface area contributed by atoms with Gasteiger partial charge < -0.3 is 0 Å². The van der Waals surface area contributed by atoms with Crippen molar-refractivity contribution in [3.8, 4) is 11.3 Å². The monoisotopic (exact) mass is 410 g/mol. The molecule has 124 valence electrons. The Morgan fingerprint density at radius 2 is 1.68 bits per heavy atom. The third-order valence-electron chi connectivity index (χ3n) is 3.86. The van der Waals surface area contributed by atoms with Crippen LogP contribution >= 0.6 is 27.7 Å². The number of hydrogen-bond donors (Lipinski definition) is 0. The van der Waals surface area contributed by atoms with Gasteiger partial charge in [-0.1, -0.05) is 69.7 Å². The van der Waals surface area contributed by atoms with Crippen LogP contribution in [0.3, 0.4) is 0 Å². The van der Waals surface area contributed by atoms with Crippen LogP contribution in [-0.4, -0.2) is 19.8 Å². The first kappa shape index (κ1) is 16.3. The molecule has 0 atom stereocenters. The van der Waals surface area contributed by atoms with Gasteiger partial charge in [0.2, 0.25) is 5.16 Å². The van der Waals surface area contributed by atoms with E-state index in [0.29, 0.717) is 0 Å². The van der Waals surface area contributed by atoms with Crippen molar-refractivity contribution in [2.24, 2.45) is 0 Å². The number of aryl methyl sites for hydroxylation is 1. The fraction of sp³-hybridized carbons (Fsp3) is 0.105. The molecule has 4 aromatic rings. The van der Waals surface area contributed by atoms with Gasteiger partial charge in [-0.05, 0) is 36.8 Å². The molecule has 0 unspecified atom stereocenters. The maximum Gasteiger partial charge on any atom is 0.212 e. The Hall–Kier alpha value is -2.18. The van der Waals surface area contributed by atoms with Gasteiger partial charge in [-0.15, -0.1) is 10.2 Å². The summed E-state index contributed by atoms with van der Waals surface area (Å²) in [5.74, 6) is 0.839. The summed E-state index contributed by atoms with van der Waals surface area (Å²) in [5, 5.41) is 14.0. The lowest BCUT2D eigenvalue weighted by atomic mass is 10.1. The summed E-state index contributed by atoms with van der Waals surface area (Å²) >= 11 is 5.10. The SMILES string of the molecule is Cc1ccc(CSc2nnc3ccc(-c4ccc(Br)cc4)nn23)cc1. The molecule has 0 saturated carbocycles. The van der Waals surface area contributed by atoms with E-state index in [1.165, 1.54) is 11.1 Å². The second kappa shape index (κ2) is 6.98. The number of rotatable bonds is 4. The molecule has 0 bridgehead atoms. The van der Waals surface area contributed by atoms with E-state index in [0.717, 1.165) is 32.3 Å². The van der Waals surface area contributed by atoms with E-state index in [1.807, 2.05) is 40.9 Å². The summed E-state index contributed by atoms with van der Waals surface area (Å²) in [7, 11) is 0. The molecule has 25 heavy (non-hydrogen) atoms. The Morgan fingerprint density at radius 1 is 0.920 bits per heavy atom. The Morgan fingerprint density at radius 3 is 2.44 bits per heavy atom. The number of halogens is 1. The quantitative estimate of drug-likeness (QED) is 0.436. The van der Waals surface area contributed by atoms with Crippen LogP contribution in [0.1, 0.15) is 11.1 Å². The third-order valence-corrected chi connectivity index (χ3v) is 5.38. The third kappa shape index (κ3) is 3.60. The molecule has 0 aliphatic heterocycles. The fourth-order valence-corrected chi connectivity index (χ4v) is 3.57. The molecule has 0 N–H and O–H groups in total. The molecule has 0 amide bonds. The number of fused-ring (bicyclic) bond motifs is 1. The Labute approximate surface area is 158 Å². The largest absolute Gasteiger partial charge is 0.212 e. The predicted molar refractivity (Wildman–Crippen MR) is 105 cm³/mol. The summed E-state index contributed by atoms with van der Waals surface area (Å²) in [6.45, 7) is 2.09. The highest BCUT2D eigenvalue weighted by molar-refractivity contribution is 9.10. The van der Waals surface area contributed by atoms with Crippen molar-refractivity contribution in [2.75, 3.05) is 0 Å².